The molecule has 0 bridgehead atoms. The number of hydrogen-bond acceptors (Lipinski definition) is 8. The van der Waals surface area contributed by atoms with Crippen LogP contribution >= 0.6 is 0 Å². The summed E-state index contributed by atoms with van der Waals surface area (Å²) in [6, 6.07) is 21.8. The lowest BCUT2D eigenvalue weighted by atomic mass is 9.93. The third-order valence-corrected chi connectivity index (χ3v) is 9.34. The number of benzene rings is 4. The van der Waals surface area contributed by atoms with E-state index in [0.717, 1.165) is 88.0 Å². The van der Waals surface area contributed by atoms with Crippen molar-refractivity contribution in [3.8, 4) is 23.0 Å². The Labute approximate surface area is 261 Å². The van der Waals surface area contributed by atoms with Gasteiger partial charge in [0, 0.05) is 37.2 Å². The lowest BCUT2D eigenvalue weighted by Gasteiger charge is -2.19. The minimum Gasteiger partial charge on any atom is -0.494 e. The van der Waals surface area contributed by atoms with Crippen LogP contribution in [0.5, 0.6) is 23.0 Å². The van der Waals surface area contributed by atoms with Gasteiger partial charge in [-0.1, -0.05) is 24.3 Å². The summed E-state index contributed by atoms with van der Waals surface area (Å²) in [6.07, 6.45) is 2.43. The summed E-state index contributed by atoms with van der Waals surface area (Å²) < 4.78 is 41.4. The molecule has 2 saturated heterocycles. The zero-order valence-electron chi connectivity index (χ0n) is 25.4. The number of ether oxygens (including phenoxy) is 6. The van der Waals surface area contributed by atoms with Crippen molar-refractivity contribution in [1.82, 2.24) is 0 Å². The molecule has 2 fully saturated rings. The molecule has 1 N–H and O–H groups in total. The van der Waals surface area contributed by atoms with Crippen molar-refractivity contribution in [2.45, 2.75) is 44.4 Å². The van der Waals surface area contributed by atoms with Crippen molar-refractivity contribution >= 4 is 31.3 Å². The van der Waals surface area contributed by atoms with Crippen LogP contribution in [0, 0.1) is 0 Å². The maximum absolute atomic E-state index is 9.24. The third kappa shape index (κ3) is 8.22. The van der Waals surface area contributed by atoms with Crippen LogP contribution in [0.3, 0.4) is 0 Å². The van der Waals surface area contributed by atoms with E-state index in [1.807, 2.05) is 19.1 Å². The smallest absolute Gasteiger partial charge is 0.161 e. The number of fused-ring (bicyclic) bond motifs is 2. The Kier molecular flexibility index (Phi) is 10.5. The average molecular weight is 619 g/mol. The highest BCUT2D eigenvalue weighted by Gasteiger charge is 2.26. The number of aliphatic hydroxyl groups is 1. The Bertz CT molecular complexity index is 1530. The molecule has 0 aliphatic carbocycles. The van der Waals surface area contributed by atoms with Crippen LogP contribution in [0.15, 0.2) is 60.7 Å². The highest BCUT2D eigenvalue weighted by Crippen LogP contribution is 2.39. The van der Waals surface area contributed by atoms with Gasteiger partial charge in [-0.3, -0.25) is 0 Å². The molecule has 6 rings (SSSR count). The Morgan fingerprint density at radius 1 is 0.727 bits per heavy atom. The van der Waals surface area contributed by atoms with Gasteiger partial charge in [0.2, 0.25) is 0 Å². The number of aliphatic hydroxyl groups excluding tert-OH is 1. The molecule has 0 spiro atoms. The first kappa shape index (κ1) is 30.7. The van der Waals surface area contributed by atoms with Crippen molar-refractivity contribution in [3.05, 3.63) is 71.8 Å². The average Bonchev–Trinajstić information content (AvgIpc) is 3.98. The van der Waals surface area contributed by atoms with Crippen molar-refractivity contribution in [2.24, 2.45) is 0 Å². The predicted molar refractivity (Wildman–Crippen MR) is 173 cm³/mol. The summed E-state index contributed by atoms with van der Waals surface area (Å²) in [5, 5.41) is 13.6. The minimum absolute atomic E-state index is 0.0938. The van der Waals surface area contributed by atoms with E-state index < -0.39 is 9.76 Å². The Balaban J connectivity index is 1.36. The van der Waals surface area contributed by atoms with Crippen molar-refractivity contribution < 1.29 is 38.0 Å². The van der Waals surface area contributed by atoms with E-state index in [1.165, 1.54) is 0 Å². The van der Waals surface area contributed by atoms with Crippen LogP contribution in [0.4, 0.5) is 0 Å². The monoisotopic (exact) mass is 618 g/mol. The van der Waals surface area contributed by atoms with E-state index in [1.54, 1.807) is 0 Å². The molecular weight excluding hydrogens is 576 g/mol. The number of epoxide rings is 2. The summed E-state index contributed by atoms with van der Waals surface area (Å²) in [6.45, 7) is 6.54. The van der Waals surface area contributed by atoms with Crippen LogP contribution in [0.1, 0.15) is 30.9 Å². The van der Waals surface area contributed by atoms with Crippen molar-refractivity contribution in [2.75, 3.05) is 52.9 Å². The molecule has 2 heterocycles. The molecule has 44 heavy (non-hydrogen) atoms. The molecule has 4 aromatic carbocycles. The van der Waals surface area contributed by atoms with Gasteiger partial charge in [-0.2, -0.15) is 0 Å². The summed E-state index contributed by atoms with van der Waals surface area (Å²) >= 11 is 0. The molecule has 0 radical (unpaired) electrons. The second-order valence-electron chi connectivity index (χ2n) is 11.2. The highest BCUT2D eigenvalue weighted by atomic mass is 28.2. The molecule has 0 amide bonds. The van der Waals surface area contributed by atoms with Gasteiger partial charge in [0.15, 0.2) is 9.76 Å². The van der Waals surface area contributed by atoms with E-state index in [4.69, 9.17) is 32.8 Å². The SMILES string of the molecule is CCO[SiH2]CCCOc1ccc2ccc(OCC3CO3)c(Cc3c(OCC4CO4)ccc4ccc(OCCCO)cc34)c2c1. The lowest BCUT2D eigenvalue weighted by Crippen LogP contribution is -2.09. The quantitative estimate of drug-likeness (QED) is 0.0871. The van der Waals surface area contributed by atoms with Gasteiger partial charge in [0.25, 0.3) is 0 Å². The maximum atomic E-state index is 9.24. The van der Waals surface area contributed by atoms with Crippen LogP contribution < -0.4 is 18.9 Å². The molecule has 0 saturated carbocycles. The zero-order valence-corrected chi connectivity index (χ0v) is 26.8. The number of hydrogen-bond donors (Lipinski definition) is 1. The van der Waals surface area contributed by atoms with Crippen LogP contribution in [0.2, 0.25) is 6.04 Å². The first-order valence-electron chi connectivity index (χ1n) is 15.8. The van der Waals surface area contributed by atoms with Gasteiger partial charge in [-0.15, -0.1) is 0 Å². The highest BCUT2D eigenvalue weighted by molar-refractivity contribution is 6.26. The molecular formula is C35H42O8Si. The molecule has 234 valence electrons. The molecule has 4 aromatic rings. The second-order valence-corrected chi connectivity index (χ2v) is 12.8. The maximum Gasteiger partial charge on any atom is 0.161 e. The Hall–Kier alpha value is -3.34. The van der Waals surface area contributed by atoms with Crippen LogP contribution in [0.25, 0.3) is 21.5 Å². The summed E-state index contributed by atoms with van der Waals surface area (Å²) in [7, 11) is -0.459. The first-order chi connectivity index (χ1) is 21.7. The summed E-state index contributed by atoms with van der Waals surface area (Å²) in [4.78, 5) is 0. The van der Waals surface area contributed by atoms with E-state index in [9.17, 15) is 5.11 Å². The van der Waals surface area contributed by atoms with Crippen molar-refractivity contribution in [1.29, 1.82) is 0 Å². The lowest BCUT2D eigenvalue weighted by molar-refractivity contribution is 0.233. The number of rotatable bonds is 19. The minimum atomic E-state index is -0.459. The fraction of sp³-hybridized carbons (Fsp3) is 0.429. The van der Waals surface area contributed by atoms with E-state index in [0.29, 0.717) is 39.3 Å². The van der Waals surface area contributed by atoms with Gasteiger partial charge in [-0.05, 0) is 77.3 Å². The van der Waals surface area contributed by atoms with Crippen molar-refractivity contribution in [3.63, 3.8) is 0 Å². The molecule has 9 heteroatoms. The largest absolute Gasteiger partial charge is 0.494 e. The third-order valence-electron chi connectivity index (χ3n) is 7.86. The molecule has 8 nitrogen and oxygen atoms in total. The van der Waals surface area contributed by atoms with E-state index in [-0.39, 0.29) is 18.8 Å². The molecule has 2 aliphatic heterocycles. The van der Waals surface area contributed by atoms with Gasteiger partial charge >= 0.3 is 0 Å². The molecule has 2 aliphatic rings. The molecule has 0 aromatic heterocycles. The first-order valence-corrected chi connectivity index (χ1v) is 17.3. The Morgan fingerprint density at radius 3 is 1.75 bits per heavy atom. The summed E-state index contributed by atoms with van der Waals surface area (Å²) in [5.41, 5.74) is 2.13. The van der Waals surface area contributed by atoms with Crippen LogP contribution in [-0.4, -0.2) is 79.9 Å². The Morgan fingerprint density at radius 2 is 1.25 bits per heavy atom. The predicted octanol–water partition coefficient (Wildman–Crippen LogP) is 5.21. The normalized spacial score (nSPS) is 17.4. The topological polar surface area (TPSA) is 91.4 Å². The van der Waals surface area contributed by atoms with Crippen LogP contribution in [-0.2, 0) is 20.3 Å². The van der Waals surface area contributed by atoms with E-state index in [2.05, 4.69) is 48.5 Å². The molecule has 2 unspecified atom stereocenters. The standard InChI is InChI=1S/C35H42O8Si/c1-2-43-44-16-4-15-38-27-10-6-25-8-12-35(42-23-29-21-40-29)33(31(25)18-27)19-32-30-17-26(37-14-3-13-36)9-5-24(30)7-11-34(32)41-22-28-20-39-28/h5-12,17-18,28-29,36H,2-4,13-16,19-23,44H2,1H3. The fourth-order valence-electron chi connectivity index (χ4n) is 5.26. The van der Waals surface area contributed by atoms with Gasteiger partial charge < -0.3 is 38.0 Å². The van der Waals surface area contributed by atoms with Gasteiger partial charge in [-0.25, -0.2) is 0 Å². The second kappa shape index (κ2) is 15.1. The summed E-state index contributed by atoms with van der Waals surface area (Å²) in [5.74, 6) is 3.26. The molecule has 2 atom stereocenters. The fourth-order valence-corrected chi connectivity index (χ4v) is 6.16. The zero-order chi connectivity index (χ0) is 30.1. The van der Waals surface area contributed by atoms with E-state index >= 15 is 0 Å². The van der Waals surface area contributed by atoms with Gasteiger partial charge in [0.05, 0.1) is 26.4 Å². The van der Waals surface area contributed by atoms with Gasteiger partial charge in [0.1, 0.15) is 48.4 Å².